The highest BCUT2D eigenvalue weighted by molar-refractivity contribution is 5.80. The van der Waals surface area contributed by atoms with Crippen LogP contribution in [0.15, 0.2) is 47.0 Å². The van der Waals surface area contributed by atoms with Gasteiger partial charge < -0.3 is 31.4 Å². The maximum atomic E-state index is 12.9. The number of aromatic amines is 1. The highest BCUT2D eigenvalue weighted by Gasteiger charge is 2.71. The fraction of sp³-hybridized carbons (Fsp3) is 0.683. The number of hydrogen-bond acceptors (Lipinski definition) is 4. The molecule has 1 heterocycles. The molecule has 258 valence electrons. The minimum Gasteiger partial charge on any atom is -0.390 e. The zero-order valence-electron chi connectivity index (χ0n) is 29.3. The predicted octanol–water partition coefficient (Wildman–Crippen LogP) is 5.69. The van der Waals surface area contributed by atoms with Crippen molar-refractivity contribution in [3.63, 3.8) is 0 Å². The second-order valence-electron chi connectivity index (χ2n) is 17.6. The minimum absolute atomic E-state index is 0.0752. The first-order valence-corrected chi connectivity index (χ1v) is 18.8. The molecule has 1 aromatic carbocycles. The number of aliphatic hydroxyl groups excluding tert-OH is 1. The van der Waals surface area contributed by atoms with Crippen molar-refractivity contribution in [1.82, 2.24) is 10.3 Å². The molecular formula is C41H56N4O3. The Morgan fingerprint density at radius 2 is 1.90 bits per heavy atom. The molecule has 2 aromatic rings. The van der Waals surface area contributed by atoms with Crippen molar-refractivity contribution in [2.75, 3.05) is 7.05 Å². The third kappa shape index (κ3) is 4.91. The summed E-state index contributed by atoms with van der Waals surface area (Å²) >= 11 is 0. The second-order valence-corrected chi connectivity index (χ2v) is 17.6. The molecule has 12 atom stereocenters. The highest BCUT2D eigenvalue weighted by atomic mass is 16.3. The van der Waals surface area contributed by atoms with Gasteiger partial charge in [-0.3, -0.25) is 4.99 Å². The van der Waals surface area contributed by atoms with Crippen molar-refractivity contribution in [3.05, 3.63) is 47.7 Å². The molecular weight excluding hydrogens is 596 g/mol. The van der Waals surface area contributed by atoms with Crippen LogP contribution in [0.4, 0.5) is 0 Å². The summed E-state index contributed by atoms with van der Waals surface area (Å²) in [6.45, 7) is 6.71. The SMILES string of the molecule is CN=C(N)NC1C#CC2CC3(C=C(Cc4cc5ccccc5[nH]4)C24CC2CCC4C4C(CC(O)C4(O)C1)C2(C)O)CCC(CC(C)C)C3. The second kappa shape index (κ2) is 11.4. The van der Waals surface area contributed by atoms with Crippen molar-refractivity contribution in [2.24, 2.45) is 63.0 Å². The average molecular weight is 653 g/mol. The maximum absolute atomic E-state index is 12.9. The number of allylic oxidation sites excluding steroid dienone is 2. The summed E-state index contributed by atoms with van der Waals surface area (Å²) < 4.78 is 0. The van der Waals surface area contributed by atoms with E-state index in [4.69, 9.17) is 5.73 Å². The Hall–Kier alpha value is -2.79. The number of aromatic nitrogens is 1. The molecule has 1 aromatic heterocycles. The van der Waals surface area contributed by atoms with E-state index in [1.165, 1.54) is 42.3 Å². The highest BCUT2D eigenvalue weighted by Crippen LogP contribution is 2.72. The Balaban J connectivity index is 1.34. The van der Waals surface area contributed by atoms with Gasteiger partial charge in [0.25, 0.3) is 0 Å². The summed E-state index contributed by atoms with van der Waals surface area (Å²) in [4.78, 5) is 7.94. The molecule has 4 bridgehead atoms. The van der Waals surface area contributed by atoms with E-state index in [1.54, 1.807) is 7.05 Å². The lowest BCUT2D eigenvalue weighted by Gasteiger charge is -2.58. The Bertz CT molecular complexity index is 1660. The van der Waals surface area contributed by atoms with Crippen molar-refractivity contribution < 1.29 is 15.3 Å². The summed E-state index contributed by atoms with van der Waals surface area (Å²) in [5.41, 5.74) is 7.45. The van der Waals surface area contributed by atoms with Gasteiger partial charge in [0.05, 0.1) is 23.3 Å². The lowest BCUT2D eigenvalue weighted by atomic mass is 9.46. The number of fused-ring (bicyclic) bond motifs is 2. The number of rotatable bonds is 5. The molecule has 0 radical (unpaired) electrons. The van der Waals surface area contributed by atoms with Gasteiger partial charge in [0.15, 0.2) is 5.96 Å². The molecule has 7 aliphatic carbocycles. The normalized spacial score (nSPS) is 44.8. The van der Waals surface area contributed by atoms with Gasteiger partial charge in [-0.2, -0.15) is 0 Å². The fourth-order valence-electron chi connectivity index (χ4n) is 12.6. The van der Waals surface area contributed by atoms with Crippen LogP contribution in [0.25, 0.3) is 10.9 Å². The van der Waals surface area contributed by atoms with Gasteiger partial charge in [0.2, 0.25) is 0 Å². The Morgan fingerprint density at radius 3 is 2.67 bits per heavy atom. The largest absolute Gasteiger partial charge is 0.390 e. The summed E-state index contributed by atoms with van der Waals surface area (Å²) in [6.07, 6.45) is 11.9. The van der Waals surface area contributed by atoms with Crippen LogP contribution in [-0.4, -0.2) is 56.7 Å². The molecule has 0 aliphatic heterocycles. The van der Waals surface area contributed by atoms with Crippen LogP contribution in [0.3, 0.4) is 0 Å². The van der Waals surface area contributed by atoms with Crippen molar-refractivity contribution in [1.29, 1.82) is 0 Å². The van der Waals surface area contributed by atoms with Crippen LogP contribution in [0.2, 0.25) is 0 Å². The van der Waals surface area contributed by atoms with Crippen LogP contribution < -0.4 is 11.1 Å². The molecule has 0 amide bonds. The van der Waals surface area contributed by atoms with E-state index in [1.807, 2.05) is 6.92 Å². The van der Waals surface area contributed by atoms with Crippen LogP contribution >= 0.6 is 0 Å². The Labute approximate surface area is 286 Å². The van der Waals surface area contributed by atoms with Crippen LogP contribution in [0.1, 0.15) is 90.7 Å². The van der Waals surface area contributed by atoms with Crippen molar-refractivity contribution in [2.45, 2.75) is 115 Å². The van der Waals surface area contributed by atoms with Gasteiger partial charge in [-0.15, -0.1) is 0 Å². The van der Waals surface area contributed by atoms with E-state index in [0.29, 0.717) is 12.3 Å². The molecule has 48 heavy (non-hydrogen) atoms. The number of hydrogen-bond donors (Lipinski definition) is 6. The first-order chi connectivity index (χ1) is 22.9. The topological polar surface area (TPSA) is 127 Å². The van der Waals surface area contributed by atoms with Crippen LogP contribution in [-0.2, 0) is 6.42 Å². The average Bonchev–Trinajstić information content (AvgIpc) is 3.67. The lowest BCUT2D eigenvalue weighted by molar-refractivity contribution is -0.128. The predicted molar refractivity (Wildman–Crippen MR) is 191 cm³/mol. The monoisotopic (exact) mass is 652 g/mol. The van der Waals surface area contributed by atoms with Gasteiger partial charge in [-0.25, -0.2) is 0 Å². The molecule has 5 saturated carbocycles. The van der Waals surface area contributed by atoms with E-state index in [2.05, 4.69) is 77.4 Å². The van der Waals surface area contributed by atoms with E-state index in [9.17, 15) is 15.3 Å². The van der Waals surface area contributed by atoms with Gasteiger partial charge >= 0.3 is 0 Å². The standard InChI is InChI=1S/C41H56N4O3/c1-24(2)15-25-13-14-39(19-25)20-28-9-11-30(45-37(42)43-4)23-41(48)35(46)18-33-36(41)32-12-10-27(38(33,3)47)22-40(28,32)29(21-39)17-31-16-26-7-5-6-8-34(26)44-31/h5-8,16,21,24-25,27-28,30,32-33,35-36,44,46-48H,10,12-15,17-20,22-23H2,1-4H3,(H3,42,43,45). The molecule has 12 unspecified atom stereocenters. The first kappa shape index (κ1) is 32.4. The molecule has 7 nitrogen and oxygen atoms in total. The molecule has 2 spiro atoms. The maximum Gasteiger partial charge on any atom is 0.189 e. The fourth-order valence-corrected chi connectivity index (χ4v) is 12.6. The number of H-pyrrole nitrogens is 1. The minimum atomic E-state index is -1.40. The van der Waals surface area contributed by atoms with E-state index < -0.39 is 23.3 Å². The molecule has 7 heteroatoms. The lowest BCUT2D eigenvalue weighted by Crippen LogP contribution is -2.56. The molecule has 0 saturated heterocycles. The zero-order chi connectivity index (χ0) is 33.6. The molecule has 7 N–H and O–H groups in total. The number of para-hydroxylation sites is 1. The summed E-state index contributed by atoms with van der Waals surface area (Å²) in [7, 11) is 1.65. The number of benzene rings is 1. The van der Waals surface area contributed by atoms with Gasteiger partial charge in [0.1, 0.15) is 0 Å². The molecule has 7 aliphatic rings. The molecule has 9 rings (SSSR count). The number of nitrogens with one attached hydrogen (secondary N) is 2. The van der Waals surface area contributed by atoms with Gasteiger partial charge in [-0.05, 0) is 123 Å². The number of guanidine groups is 1. The quantitative estimate of drug-likeness (QED) is 0.107. The van der Waals surface area contributed by atoms with Crippen molar-refractivity contribution >= 4 is 16.9 Å². The van der Waals surface area contributed by atoms with E-state index in [-0.39, 0.29) is 52.8 Å². The van der Waals surface area contributed by atoms with Crippen LogP contribution in [0.5, 0.6) is 0 Å². The Kier molecular flexibility index (Phi) is 7.68. The number of aliphatic hydroxyl groups is 3. The van der Waals surface area contributed by atoms with Gasteiger partial charge in [-0.1, -0.05) is 55.5 Å². The number of aliphatic imine (C=N–C) groups is 1. The smallest absolute Gasteiger partial charge is 0.189 e. The third-order valence-electron chi connectivity index (χ3n) is 14.5. The van der Waals surface area contributed by atoms with E-state index >= 15 is 0 Å². The van der Waals surface area contributed by atoms with Gasteiger partial charge in [0, 0.05) is 42.4 Å². The third-order valence-corrected chi connectivity index (χ3v) is 14.5. The summed E-state index contributed by atoms with van der Waals surface area (Å²) in [5.74, 6) is 9.03. The van der Waals surface area contributed by atoms with Crippen molar-refractivity contribution in [3.8, 4) is 11.8 Å². The first-order valence-electron chi connectivity index (χ1n) is 18.8. The Morgan fingerprint density at radius 1 is 1.08 bits per heavy atom. The summed E-state index contributed by atoms with van der Waals surface area (Å²) in [5, 5.41) is 41.8. The van der Waals surface area contributed by atoms with E-state index in [0.717, 1.165) is 43.5 Å². The number of nitrogens with two attached hydrogens (primary N) is 1. The number of nitrogens with zero attached hydrogens (tertiary/aromatic N) is 1. The summed E-state index contributed by atoms with van der Waals surface area (Å²) in [6, 6.07) is 10.4. The molecule has 5 fully saturated rings. The zero-order valence-corrected chi connectivity index (χ0v) is 29.3. The van der Waals surface area contributed by atoms with Crippen LogP contribution in [0, 0.1) is 64.1 Å².